The van der Waals surface area contributed by atoms with Crippen LogP contribution in [0.1, 0.15) is 30.5 Å². The van der Waals surface area contributed by atoms with Crippen molar-refractivity contribution in [2.75, 3.05) is 48.7 Å². The normalized spacial score (nSPS) is 15.9. The molecule has 6 nitrogen and oxygen atoms in total. The number of aromatic amines is 1. The largest absolute Gasteiger partial charge is 0.369 e. The number of anilines is 2. The Morgan fingerprint density at radius 1 is 1.19 bits per heavy atom. The summed E-state index contributed by atoms with van der Waals surface area (Å²) < 4.78 is 0. The zero-order valence-corrected chi connectivity index (χ0v) is 19.3. The molecule has 1 aliphatic rings. The highest BCUT2D eigenvalue weighted by atomic mass is 32.2. The summed E-state index contributed by atoms with van der Waals surface area (Å²) in [6.45, 7) is 11.8. The molecule has 1 saturated heterocycles. The third kappa shape index (κ3) is 5.22. The van der Waals surface area contributed by atoms with E-state index in [0.717, 1.165) is 60.8 Å². The van der Waals surface area contributed by atoms with Crippen molar-refractivity contribution >= 4 is 40.1 Å². The summed E-state index contributed by atoms with van der Waals surface area (Å²) in [5.41, 5.74) is 5.21. The Labute approximate surface area is 188 Å². The maximum Gasteiger partial charge on any atom is 0.234 e. The zero-order chi connectivity index (χ0) is 21.8. The van der Waals surface area contributed by atoms with E-state index in [0.29, 0.717) is 5.75 Å². The number of nitrogens with one attached hydrogen (secondary N) is 2. The zero-order valence-electron chi connectivity index (χ0n) is 18.5. The summed E-state index contributed by atoms with van der Waals surface area (Å²) in [5, 5.41) is 3.19. The highest BCUT2D eigenvalue weighted by Crippen LogP contribution is 2.28. The minimum Gasteiger partial charge on any atom is -0.369 e. The first kappa shape index (κ1) is 21.7. The quantitative estimate of drug-likeness (QED) is 0.572. The molecule has 0 saturated carbocycles. The number of rotatable bonds is 7. The van der Waals surface area contributed by atoms with Crippen LogP contribution in [0.25, 0.3) is 11.0 Å². The van der Waals surface area contributed by atoms with Gasteiger partial charge in [-0.25, -0.2) is 4.98 Å². The van der Waals surface area contributed by atoms with Crippen LogP contribution in [0.2, 0.25) is 0 Å². The van der Waals surface area contributed by atoms with Crippen LogP contribution in [0, 0.1) is 6.92 Å². The molecule has 0 spiro atoms. The number of amides is 1. The summed E-state index contributed by atoms with van der Waals surface area (Å²) >= 11 is 1.59. The number of carbonyl (C=O) groups is 1. The first-order valence-corrected chi connectivity index (χ1v) is 12.0. The van der Waals surface area contributed by atoms with Gasteiger partial charge in [0.05, 0.1) is 22.0 Å². The Morgan fingerprint density at radius 2 is 1.97 bits per heavy atom. The van der Waals surface area contributed by atoms with Gasteiger partial charge in [0.15, 0.2) is 0 Å². The first-order chi connectivity index (χ1) is 15.0. The molecule has 31 heavy (non-hydrogen) atoms. The molecule has 2 N–H and O–H groups in total. The van der Waals surface area contributed by atoms with E-state index in [2.05, 4.69) is 58.0 Å². The van der Waals surface area contributed by atoms with Gasteiger partial charge in [0.1, 0.15) is 5.82 Å². The van der Waals surface area contributed by atoms with Crippen molar-refractivity contribution in [1.29, 1.82) is 0 Å². The predicted molar refractivity (Wildman–Crippen MR) is 131 cm³/mol. The Kier molecular flexibility index (Phi) is 6.83. The number of para-hydroxylation sites is 2. The minimum atomic E-state index is 0.0142. The van der Waals surface area contributed by atoms with E-state index in [1.54, 1.807) is 11.8 Å². The molecule has 1 atom stereocenters. The number of piperazine rings is 1. The van der Waals surface area contributed by atoms with Crippen LogP contribution in [0.15, 0.2) is 42.5 Å². The summed E-state index contributed by atoms with van der Waals surface area (Å²) in [6, 6.07) is 14.3. The molecule has 1 unspecified atom stereocenters. The van der Waals surface area contributed by atoms with Gasteiger partial charge < -0.3 is 20.1 Å². The summed E-state index contributed by atoms with van der Waals surface area (Å²) in [7, 11) is 0. The van der Waals surface area contributed by atoms with Gasteiger partial charge in [-0.05, 0) is 56.3 Å². The lowest BCUT2D eigenvalue weighted by molar-refractivity contribution is -0.113. The van der Waals surface area contributed by atoms with Crippen LogP contribution in [0.4, 0.5) is 11.4 Å². The Bertz CT molecular complexity index is 1010. The van der Waals surface area contributed by atoms with E-state index in [-0.39, 0.29) is 11.2 Å². The molecule has 1 aromatic heterocycles. The van der Waals surface area contributed by atoms with Crippen molar-refractivity contribution in [3.8, 4) is 0 Å². The van der Waals surface area contributed by atoms with E-state index < -0.39 is 0 Å². The van der Waals surface area contributed by atoms with Gasteiger partial charge in [-0.1, -0.05) is 19.1 Å². The average molecular weight is 438 g/mol. The van der Waals surface area contributed by atoms with Gasteiger partial charge in [0.2, 0.25) is 5.91 Å². The van der Waals surface area contributed by atoms with Crippen molar-refractivity contribution < 1.29 is 4.79 Å². The van der Waals surface area contributed by atoms with E-state index in [9.17, 15) is 4.79 Å². The molecule has 7 heteroatoms. The predicted octanol–water partition coefficient (Wildman–Crippen LogP) is 4.45. The second-order valence-electron chi connectivity index (χ2n) is 8.06. The number of hydrogen-bond donors (Lipinski definition) is 2. The number of likely N-dealkylation sites (N-methyl/N-ethyl adjacent to an activating group) is 1. The average Bonchev–Trinajstić information content (AvgIpc) is 3.23. The number of carbonyl (C=O) groups excluding carboxylic acids is 1. The topological polar surface area (TPSA) is 64.3 Å². The highest BCUT2D eigenvalue weighted by Gasteiger charge is 2.17. The van der Waals surface area contributed by atoms with Gasteiger partial charge in [-0.15, -0.1) is 11.8 Å². The minimum absolute atomic E-state index is 0.0142. The van der Waals surface area contributed by atoms with Crippen LogP contribution < -0.4 is 10.2 Å². The van der Waals surface area contributed by atoms with Crippen LogP contribution >= 0.6 is 11.8 Å². The molecule has 3 aromatic rings. The highest BCUT2D eigenvalue weighted by molar-refractivity contribution is 8.00. The van der Waals surface area contributed by atoms with Gasteiger partial charge in [-0.2, -0.15) is 0 Å². The number of nitrogens with zero attached hydrogens (tertiary/aromatic N) is 3. The van der Waals surface area contributed by atoms with E-state index in [4.69, 9.17) is 0 Å². The maximum absolute atomic E-state index is 12.5. The molecule has 0 bridgehead atoms. The third-order valence-corrected chi connectivity index (χ3v) is 7.08. The van der Waals surface area contributed by atoms with Crippen LogP contribution in [0.5, 0.6) is 0 Å². The van der Waals surface area contributed by atoms with Crippen LogP contribution in [0.3, 0.4) is 0 Å². The summed E-state index contributed by atoms with van der Waals surface area (Å²) in [5.74, 6) is 1.31. The standard InChI is InChI=1S/C24H31N5OS/c1-4-28-11-13-29(14-12-28)19-9-10-20(17(2)15-19)25-23(30)16-31-18(3)24-26-21-7-5-6-8-22(21)27-24/h5-10,15,18H,4,11-14,16H2,1-3H3,(H,25,30)(H,26,27). The lowest BCUT2D eigenvalue weighted by Gasteiger charge is -2.35. The lowest BCUT2D eigenvalue weighted by Crippen LogP contribution is -2.46. The molecule has 1 amide bonds. The summed E-state index contributed by atoms with van der Waals surface area (Å²) in [4.78, 5) is 25.4. The number of imidazole rings is 1. The second-order valence-corrected chi connectivity index (χ2v) is 9.39. The molecule has 0 radical (unpaired) electrons. The number of fused-ring (bicyclic) bond motifs is 1. The number of benzene rings is 2. The van der Waals surface area contributed by atoms with Crippen LogP contribution in [-0.2, 0) is 4.79 Å². The fourth-order valence-electron chi connectivity index (χ4n) is 3.94. The van der Waals surface area contributed by atoms with Crippen molar-refractivity contribution in [2.45, 2.75) is 26.0 Å². The first-order valence-electron chi connectivity index (χ1n) is 11.0. The SMILES string of the molecule is CCN1CCN(c2ccc(NC(=O)CSC(C)c3nc4ccccc4[nH]3)c(C)c2)CC1. The molecular formula is C24H31N5OS. The van der Waals surface area contributed by atoms with Crippen molar-refractivity contribution in [3.05, 3.63) is 53.9 Å². The fraction of sp³-hybridized carbons (Fsp3) is 0.417. The Balaban J connectivity index is 1.31. The number of aromatic nitrogens is 2. The molecule has 0 aliphatic carbocycles. The summed E-state index contributed by atoms with van der Waals surface area (Å²) in [6.07, 6.45) is 0. The van der Waals surface area contributed by atoms with E-state index >= 15 is 0 Å². The molecule has 2 heterocycles. The van der Waals surface area contributed by atoms with Gasteiger partial charge >= 0.3 is 0 Å². The Hall–Kier alpha value is -2.51. The number of aryl methyl sites for hydroxylation is 1. The van der Waals surface area contributed by atoms with Crippen LogP contribution in [-0.4, -0.2) is 59.3 Å². The monoisotopic (exact) mass is 437 g/mol. The number of H-pyrrole nitrogens is 1. The van der Waals surface area contributed by atoms with Gasteiger partial charge in [0.25, 0.3) is 0 Å². The van der Waals surface area contributed by atoms with Gasteiger partial charge in [0, 0.05) is 37.6 Å². The molecular weight excluding hydrogens is 406 g/mol. The smallest absolute Gasteiger partial charge is 0.234 e. The van der Waals surface area contributed by atoms with E-state index in [1.165, 1.54) is 5.69 Å². The lowest BCUT2D eigenvalue weighted by atomic mass is 10.1. The van der Waals surface area contributed by atoms with Crippen molar-refractivity contribution in [1.82, 2.24) is 14.9 Å². The van der Waals surface area contributed by atoms with E-state index in [1.807, 2.05) is 30.3 Å². The molecule has 1 aliphatic heterocycles. The van der Waals surface area contributed by atoms with Gasteiger partial charge in [-0.3, -0.25) is 4.79 Å². The maximum atomic E-state index is 12.5. The number of thioether (sulfide) groups is 1. The molecule has 2 aromatic carbocycles. The fourth-order valence-corrected chi connectivity index (χ4v) is 4.68. The molecule has 164 valence electrons. The van der Waals surface area contributed by atoms with Crippen molar-refractivity contribution in [2.24, 2.45) is 0 Å². The van der Waals surface area contributed by atoms with Crippen molar-refractivity contribution in [3.63, 3.8) is 0 Å². The number of hydrogen-bond acceptors (Lipinski definition) is 5. The third-order valence-electron chi connectivity index (χ3n) is 5.93. The second kappa shape index (κ2) is 9.75. The molecule has 1 fully saturated rings. The Morgan fingerprint density at radius 3 is 2.68 bits per heavy atom. The molecule has 4 rings (SSSR count).